The molecule has 0 aliphatic heterocycles. The van der Waals surface area contributed by atoms with Gasteiger partial charge in [0.1, 0.15) is 0 Å². The molecule has 0 aliphatic rings. The fourth-order valence-corrected chi connectivity index (χ4v) is 0.486. The van der Waals surface area contributed by atoms with Gasteiger partial charge in [0.2, 0.25) is 5.91 Å². The van der Waals surface area contributed by atoms with Crippen LogP contribution in [0.25, 0.3) is 0 Å². The molecule has 64 valence electrons. The van der Waals surface area contributed by atoms with Crippen LogP contribution in [0.4, 0.5) is 0 Å². The molecule has 0 rings (SSSR count). The third-order valence-corrected chi connectivity index (χ3v) is 1.14. The number of hydrazone groups is 1. The monoisotopic (exact) mass is 157 g/mol. The first kappa shape index (κ1) is 10.1. The van der Waals surface area contributed by atoms with Crippen LogP contribution >= 0.6 is 0 Å². The van der Waals surface area contributed by atoms with Gasteiger partial charge in [0.15, 0.2) is 0 Å². The lowest BCUT2D eigenvalue weighted by molar-refractivity contribution is -0.121. The Labute approximate surface area is 66.8 Å². The molecule has 4 heteroatoms. The van der Waals surface area contributed by atoms with E-state index in [1.165, 1.54) is 0 Å². The minimum Gasteiger partial charge on any atom is -0.325 e. The first-order valence-corrected chi connectivity index (χ1v) is 3.72. The lowest BCUT2D eigenvalue weighted by atomic mass is 10.3. The summed E-state index contributed by atoms with van der Waals surface area (Å²) in [4.78, 5) is 10.8. The van der Waals surface area contributed by atoms with E-state index >= 15 is 0 Å². The second-order valence-corrected chi connectivity index (χ2v) is 2.34. The molecule has 0 aliphatic carbocycles. The Kier molecular flexibility index (Phi) is 5.37. The van der Waals surface area contributed by atoms with Gasteiger partial charge in [-0.25, -0.2) is 5.43 Å². The molecule has 1 amide bonds. The lowest BCUT2D eigenvalue weighted by Gasteiger charge is -1.97. The fourth-order valence-electron chi connectivity index (χ4n) is 0.486. The highest BCUT2D eigenvalue weighted by Gasteiger charge is 1.95. The van der Waals surface area contributed by atoms with Crippen molar-refractivity contribution in [3.63, 3.8) is 0 Å². The molecule has 0 bridgehead atoms. The zero-order chi connectivity index (χ0) is 8.69. The van der Waals surface area contributed by atoms with E-state index in [4.69, 9.17) is 5.73 Å². The molecule has 0 saturated heterocycles. The van der Waals surface area contributed by atoms with Gasteiger partial charge in [-0.1, -0.05) is 6.92 Å². The Morgan fingerprint density at radius 3 is 2.73 bits per heavy atom. The summed E-state index contributed by atoms with van der Waals surface area (Å²) in [7, 11) is 0. The predicted octanol–water partition coefficient (Wildman–Crippen LogP) is 0.237. The Bertz CT molecular complexity index is 154. The minimum absolute atomic E-state index is 0.0553. The molecule has 0 spiro atoms. The SMILES string of the molecule is CCCC(=O)NN=C(C)CN. The third-order valence-electron chi connectivity index (χ3n) is 1.14. The van der Waals surface area contributed by atoms with E-state index in [-0.39, 0.29) is 5.91 Å². The highest BCUT2D eigenvalue weighted by Crippen LogP contribution is 1.84. The van der Waals surface area contributed by atoms with E-state index in [0.717, 1.165) is 12.1 Å². The predicted molar refractivity (Wildman–Crippen MR) is 45.2 cm³/mol. The summed E-state index contributed by atoms with van der Waals surface area (Å²) in [6.07, 6.45) is 1.35. The Morgan fingerprint density at radius 1 is 1.64 bits per heavy atom. The van der Waals surface area contributed by atoms with Crippen LogP contribution < -0.4 is 11.2 Å². The molecule has 0 aromatic rings. The van der Waals surface area contributed by atoms with Gasteiger partial charge in [0, 0.05) is 18.7 Å². The van der Waals surface area contributed by atoms with Crippen molar-refractivity contribution in [2.45, 2.75) is 26.7 Å². The van der Waals surface area contributed by atoms with Crippen LogP contribution in [-0.2, 0) is 4.79 Å². The van der Waals surface area contributed by atoms with Crippen LogP contribution in [0.5, 0.6) is 0 Å². The van der Waals surface area contributed by atoms with Crippen molar-refractivity contribution >= 4 is 11.6 Å². The molecule has 11 heavy (non-hydrogen) atoms. The topological polar surface area (TPSA) is 67.5 Å². The van der Waals surface area contributed by atoms with Crippen LogP contribution in [0.15, 0.2) is 5.10 Å². The van der Waals surface area contributed by atoms with Crippen LogP contribution in [-0.4, -0.2) is 18.2 Å². The number of carbonyl (C=O) groups is 1. The van der Waals surface area contributed by atoms with Crippen molar-refractivity contribution in [3.8, 4) is 0 Å². The van der Waals surface area contributed by atoms with Crippen molar-refractivity contribution in [1.82, 2.24) is 5.43 Å². The van der Waals surface area contributed by atoms with Crippen LogP contribution in [0.1, 0.15) is 26.7 Å². The van der Waals surface area contributed by atoms with Gasteiger partial charge in [-0.05, 0) is 13.3 Å². The van der Waals surface area contributed by atoms with Gasteiger partial charge in [-0.3, -0.25) is 4.79 Å². The van der Waals surface area contributed by atoms with Crippen molar-refractivity contribution < 1.29 is 4.79 Å². The molecule has 0 radical (unpaired) electrons. The molecule has 0 atom stereocenters. The molecular weight excluding hydrogens is 142 g/mol. The highest BCUT2D eigenvalue weighted by molar-refractivity contribution is 5.85. The van der Waals surface area contributed by atoms with Crippen LogP contribution in [0.2, 0.25) is 0 Å². The van der Waals surface area contributed by atoms with E-state index in [1.807, 2.05) is 6.92 Å². The quantitative estimate of drug-likeness (QED) is 0.453. The van der Waals surface area contributed by atoms with Gasteiger partial charge in [0.25, 0.3) is 0 Å². The summed E-state index contributed by atoms with van der Waals surface area (Å²) in [5, 5.41) is 3.75. The Hall–Kier alpha value is -0.900. The van der Waals surface area contributed by atoms with Gasteiger partial charge >= 0.3 is 0 Å². The van der Waals surface area contributed by atoms with Crippen LogP contribution in [0, 0.1) is 0 Å². The van der Waals surface area contributed by atoms with Gasteiger partial charge < -0.3 is 5.73 Å². The number of rotatable bonds is 4. The molecule has 4 nitrogen and oxygen atoms in total. The fraction of sp³-hybridized carbons (Fsp3) is 0.714. The van der Waals surface area contributed by atoms with Crippen LogP contribution in [0.3, 0.4) is 0 Å². The van der Waals surface area contributed by atoms with E-state index in [0.29, 0.717) is 13.0 Å². The summed E-state index contributed by atoms with van der Waals surface area (Å²) in [6.45, 7) is 4.09. The summed E-state index contributed by atoms with van der Waals surface area (Å²) in [5.41, 5.74) is 8.38. The molecule has 0 heterocycles. The van der Waals surface area contributed by atoms with E-state index in [2.05, 4.69) is 10.5 Å². The molecular formula is C7H15N3O. The van der Waals surface area contributed by atoms with Crippen molar-refractivity contribution in [2.75, 3.05) is 6.54 Å². The molecule has 0 saturated carbocycles. The first-order chi connectivity index (χ1) is 5.20. The van der Waals surface area contributed by atoms with Crippen molar-refractivity contribution in [1.29, 1.82) is 0 Å². The number of hydrogen-bond acceptors (Lipinski definition) is 3. The maximum atomic E-state index is 10.8. The Morgan fingerprint density at radius 2 is 2.27 bits per heavy atom. The third kappa shape index (κ3) is 5.54. The van der Waals surface area contributed by atoms with Gasteiger partial charge in [-0.15, -0.1) is 0 Å². The Balaban J connectivity index is 3.60. The zero-order valence-electron chi connectivity index (χ0n) is 7.05. The molecule has 0 fully saturated rings. The first-order valence-electron chi connectivity index (χ1n) is 3.72. The van der Waals surface area contributed by atoms with Crippen molar-refractivity contribution in [2.24, 2.45) is 10.8 Å². The number of nitrogens with two attached hydrogens (primary N) is 1. The number of hydrogen-bond donors (Lipinski definition) is 2. The minimum atomic E-state index is -0.0553. The van der Waals surface area contributed by atoms with Gasteiger partial charge in [-0.2, -0.15) is 5.10 Å². The second kappa shape index (κ2) is 5.85. The normalized spacial score (nSPS) is 11.4. The standard InChI is InChI=1S/C7H15N3O/c1-3-4-7(11)10-9-6(2)5-8/h3-5,8H2,1-2H3,(H,10,11). The summed E-state index contributed by atoms with van der Waals surface area (Å²) in [6, 6.07) is 0. The molecule has 3 N–H and O–H groups in total. The number of carbonyl (C=O) groups excluding carboxylic acids is 1. The number of amides is 1. The molecule has 0 aromatic heterocycles. The summed E-state index contributed by atoms with van der Waals surface area (Å²) >= 11 is 0. The lowest BCUT2D eigenvalue weighted by Crippen LogP contribution is -2.21. The molecule has 0 unspecified atom stereocenters. The summed E-state index contributed by atoms with van der Waals surface area (Å²) in [5.74, 6) is -0.0553. The average molecular weight is 157 g/mol. The number of nitrogens with zero attached hydrogens (tertiary/aromatic N) is 1. The maximum absolute atomic E-state index is 10.8. The second-order valence-electron chi connectivity index (χ2n) is 2.34. The van der Waals surface area contributed by atoms with E-state index in [9.17, 15) is 4.79 Å². The van der Waals surface area contributed by atoms with Crippen molar-refractivity contribution in [3.05, 3.63) is 0 Å². The number of nitrogens with one attached hydrogen (secondary N) is 1. The zero-order valence-corrected chi connectivity index (χ0v) is 7.05. The largest absolute Gasteiger partial charge is 0.325 e. The van der Waals surface area contributed by atoms with E-state index in [1.54, 1.807) is 6.92 Å². The van der Waals surface area contributed by atoms with E-state index < -0.39 is 0 Å². The molecule has 0 aromatic carbocycles. The summed E-state index contributed by atoms with van der Waals surface area (Å²) < 4.78 is 0. The smallest absolute Gasteiger partial charge is 0.240 e. The van der Waals surface area contributed by atoms with Gasteiger partial charge in [0.05, 0.1) is 0 Å². The highest BCUT2D eigenvalue weighted by atomic mass is 16.2. The maximum Gasteiger partial charge on any atom is 0.240 e. The average Bonchev–Trinajstić information content (AvgIpc) is 2.01.